The maximum Gasteiger partial charge on any atom is 0.256 e. The molecule has 0 atom stereocenters. The van der Waals surface area contributed by atoms with Gasteiger partial charge in [-0.05, 0) is 31.6 Å². The average molecular weight is 502 g/mol. The molecule has 1 aromatic rings. The second-order valence-corrected chi connectivity index (χ2v) is 11.8. The molecule has 1 saturated heterocycles. The molecule has 3 rings (SSSR count). The Balaban J connectivity index is 1.74. The molecule has 1 aliphatic heterocycles. The van der Waals surface area contributed by atoms with E-state index in [-0.39, 0.29) is 22.9 Å². The summed E-state index contributed by atoms with van der Waals surface area (Å²) in [6, 6.07) is 2.59. The third-order valence-corrected chi connectivity index (χ3v) is 9.66. The maximum atomic E-state index is 13.9. The number of rotatable bonds is 9. The van der Waals surface area contributed by atoms with Crippen LogP contribution in [0.15, 0.2) is 17.0 Å². The number of sulfonamides is 1. The van der Waals surface area contributed by atoms with Crippen LogP contribution in [0.3, 0.4) is 0 Å². The molecule has 7 nitrogen and oxygen atoms in total. The molecule has 0 bridgehead atoms. The fraction of sp³-hybridized carbons (Fsp3) is 0.696. The third kappa shape index (κ3) is 6.01. The van der Waals surface area contributed by atoms with Crippen LogP contribution in [-0.4, -0.2) is 80.9 Å². The Morgan fingerprint density at radius 1 is 1.18 bits per heavy atom. The summed E-state index contributed by atoms with van der Waals surface area (Å²) in [6.07, 6.45) is 7.68. The van der Waals surface area contributed by atoms with Crippen molar-refractivity contribution >= 4 is 27.7 Å². The Bertz CT molecular complexity index is 903. The second kappa shape index (κ2) is 11.4. The van der Waals surface area contributed by atoms with Gasteiger partial charge >= 0.3 is 0 Å². The van der Waals surface area contributed by atoms with Crippen molar-refractivity contribution in [3.05, 3.63) is 23.5 Å². The van der Waals surface area contributed by atoms with Crippen LogP contribution < -0.4 is 10.1 Å². The molecule has 186 valence electrons. The van der Waals surface area contributed by atoms with Crippen molar-refractivity contribution in [1.82, 2.24) is 14.5 Å². The van der Waals surface area contributed by atoms with E-state index in [2.05, 4.69) is 10.2 Å². The van der Waals surface area contributed by atoms with Gasteiger partial charge in [-0.2, -0.15) is 4.31 Å². The molecule has 33 heavy (non-hydrogen) atoms. The fourth-order valence-corrected chi connectivity index (χ4v) is 7.20. The number of methoxy groups -OCH3 is 1. The van der Waals surface area contributed by atoms with Gasteiger partial charge in [0.2, 0.25) is 10.0 Å². The molecule has 2 aliphatic rings. The first-order chi connectivity index (χ1) is 15.8. The molecule has 1 saturated carbocycles. The number of benzene rings is 1. The van der Waals surface area contributed by atoms with Crippen LogP contribution in [0.4, 0.5) is 4.39 Å². The average Bonchev–Trinajstić information content (AvgIpc) is 2.82. The van der Waals surface area contributed by atoms with Crippen LogP contribution in [0.1, 0.15) is 55.8 Å². The van der Waals surface area contributed by atoms with Crippen molar-refractivity contribution < 1.29 is 22.3 Å². The van der Waals surface area contributed by atoms with Crippen molar-refractivity contribution in [1.29, 1.82) is 0 Å². The zero-order valence-corrected chi connectivity index (χ0v) is 21.5. The number of thioether (sulfide) groups is 1. The first-order valence-electron chi connectivity index (χ1n) is 11.7. The Kier molecular flexibility index (Phi) is 9.05. The highest BCUT2D eigenvalue weighted by Crippen LogP contribution is 2.35. The topological polar surface area (TPSA) is 79.0 Å². The first kappa shape index (κ1) is 26.2. The van der Waals surface area contributed by atoms with Gasteiger partial charge in [-0.15, -0.1) is 11.8 Å². The molecule has 0 spiro atoms. The smallest absolute Gasteiger partial charge is 0.256 e. The van der Waals surface area contributed by atoms with E-state index in [4.69, 9.17) is 4.74 Å². The van der Waals surface area contributed by atoms with E-state index in [1.165, 1.54) is 37.4 Å². The van der Waals surface area contributed by atoms with Crippen molar-refractivity contribution in [2.75, 3.05) is 51.8 Å². The van der Waals surface area contributed by atoms with Gasteiger partial charge in [0.15, 0.2) is 0 Å². The summed E-state index contributed by atoms with van der Waals surface area (Å²) in [4.78, 5) is 16.1. The van der Waals surface area contributed by atoms with Gasteiger partial charge in [0.25, 0.3) is 5.91 Å². The van der Waals surface area contributed by atoms with E-state index in [1.54, 1.807) is 10.6 Å². The number of carbonyl (C=O) groups is 1. The molecule has 10 heteroatoms. The molecular weight excluding hydrogens is 465 g/mol. The number of nitrogens with one attached hydrogen (secondary N) is 1. The van der Waals surface area contributed by atoms with Gasteiger partial charge in [-0.1, -0.05) is 26.2 Å². The minimum atomic E-state index is -3.20. The fourth-order valence-electron chi connectivity index (χ4n) is 5.08. The highest BCUT2D eigenvalue weighted by Gasteiger charge is 2.41. The highest BCUT2D eigenvalue weighted by molar-refractivity contribution is 7.98. The largest absolute Gasteiger partial charge is 0.496 e. The standard InChI is InChI=1S/C23H36FN3O4S2/c1-4-14-33(29,30)27-12-10-26(11-13-27)23(8-6-5-7-9-23)17-25-22(28)21-19(31-2)15-18(24)16-20(21)32-3/h15-16H,4-14,17H2,1-3H3,(H,25,28). The Morgan fingerprint density at radius 2 is 1.85 bits per heavy atom. The third-order valence-electron chi connectivity index (χ3n) is 6.82. The van der Waals surface area contributed by atoms with E-state index >= 15 is 0 Å². The van der Waals surface area contributed by atoms with E-state index in [1.807, 2.05) is 6.92 Å². The molecule has 1 aliphatic carbocycles. The van der Waals surface area contributed by atoms with Gasteiger partial charge < -0.3 is 10.1 Å². The quantitative estimate of drug-likeness (QED) is 0.523. The predicted molar refractivity (Wildman–Crippen MR) is 130 cm³/mol. The number of nitrogens with zero attached hydrogens (tertiary/aromatic N) is 2. The number of hydrogen-bond acceptors (Lipinski definition) is 6. The number of halogens is 1. The minimum Gasteiger partial charge on any atom is -0.496 e. The van der Waals surface area contributed by atoms with Gasteiger partial charge in [0.1, 0.15) is 11.6 Å². The number of amides is 1. The molecule has 1 heterocycles. The molecule has 1 aromatic carbocycles. The summed E-state index contributed by atoms with van der Waals surface area (Å²) in [5.74, 6) is -0.298. The van der Waals surface area contributed by atoms with Crippen molar-refractivity contribution in [2.45, 2.75) is 55.9 Å². The summed E-state index contributed by atoms with van der Waals surface area (Å²) >= 11 is 1.31. The number of carbonyl (C=O) groups excluding carboxylic acids is 1. The lowest BCUT2D eigenvalue weighted by Crippen LogP contribution is -2.62. The molecule has 0 aromatic heterocycles. The summed E-state index contributed by atoms with van der Waals surface area (Å²) in [5.41, 5.74) is 0.161. The predicted octanol–water partition coefficient (Wildman–Crippen LogP) is 3.35. The lowest BCUT2D eigenvalue weighted by Gasteiger charge is -2.49. The summed E-state index contributed by atoms with van der Waals surface area (Å²) in [7, 11) is -1.76. The maximum absolute atomic E-state index is 13.9. The van der Waals surface area contributed by atoms with Crippen molar-refractivity contribution in [2.24, 2.45) is 0 Å². The molecular formula is C23H36FN3O4S2. The van der Waals surface area contributed by atoms with Crippen molar-refractivity contribution in [3.63, 3.8) is 0 Å². The summed E-state index contributed by atoms with van der Waals surface area (Å²) in [5, 5.41) is 3.11. The number of hydrogen-bond donors (Lipinski definition) is 1. The van der Waals surface area contributed by atoms with Crippen LogP contribution in [0.25, 0.3) is 0 Å². The Morgan fingerprint density at radius 3 is 2.42 bits per heavy atom. The molecule has 0 radical (unpaired) electrons. The van der Waals surface area contributed by atoms with Crippen LogP contribution in [0, 0.1) is 5.82 Å². The van der Waals surface area contributed by atoms with Crippen molar-refractivity contribution in [3.8, 4) is 5.75 Å². The van der Waals surface area contributed by atoms with Gasteiger partial charge in [0.05, 0.1) is 18.4 Å². The van der Waals surface area contributed by atoms with E-state index in [9.17, 15) is 17.6 Å². The molecule has 2 fully saturated rings. The number of piperazine rings is 1. The van der Waals surface area contributed by atoms with E-state index in [0.717, 1.165) is 25.7 Å². The van der Waals surface area contributed by atoms with Crippen LogP contribution in [0.5, 0.6) is 5.75 Å². The second-order valence-electron chi connectivity index (χ2n) is 8.86. The lowest BCUT2D eigenvalue weighted by atomic mass is 9.79. The van der Waals surface area contributed by atoms with E-state index < -0.39 is 15.8 Å². The Hall–Kier alpha value is -1.36. The first-order valence-corrected chi connectivity index (χ1v) is 14.5. The molecule has 1 amide bonds. The summed E-state index contributed by atoms with van der Waals surface area (Å²) < 4.78 is 45.8. The molecule has 1 N–H and O–H groups in total. The van der Waals surface area contributed by atoms with Crippen LogP contribution in [0.2, 0.25) is 0 Å². The number of ether oxygens (including phenoxy) is 1. The SMILES string of the molecule is CCCS(=O)(=O)N1CCN(C2(CNC(=O)c3c(OC)cc(F)cc3SC)CCCCC2)CC1. The normalized spacial score (nSPS) is 19.9. The van der Waals surface area contributed by atoms with Crippen LogP contribution >= 0.6 is 11.8 Å². The van der Waals surface area contributed by atoms with E-state index in [0.29, 0.717) is 49.6 Å². The highest BCUT2D eigenvalue weighted by atomic mass is 32.2. The van der Waals surface area contributed by atoms with Gasteiger partial charge in [0, 0.05) is 49.2 Å². The summed E-state index contributed by atoms with van der Waals surface area (Å²) in [6.45, 7) is 4.65. The van der Waals surface area contributed by atoms with Gasteiger partial charge in [-0.3, -0.25) is 9.69 Å². The van der Waals surface area contributed by atoms with Crippen LogP contribution in [-0.2, 0) is 10.0 Å². The lowest BCUT2D eigenvalue weighted by molar-refractivity contribution is 0.0239. The minimum absolute atomic E-state index is 0.186. The zero-order valence-electron chi connectivity index (χ0n) is 19.9. The monoisotopic (exact) mass is 501 g/mol. The van der Waals surface area contributed by atoms with Gasteiger partial charge in [-0.25, -0.2) is 12.8 Å². The Labute approximate surface area is 201 Å². The molecule has 0 unspecified atom stereocenters. The zero-order chi connectivity index (χ0) is 24.1.